The summed E-state index contributed by atoms with van der Waals surface area (Å²) >= 11 is 0.756. The Morgan fingerprint density at radius 2 is 2.08 bits per heavy atom. The van der Waals surface area contributed by atoms with E-state index < -0.39 is 18.4 Å². The number of carbonyl (C=O) groups excluding carboxylic acids is 1. The van der Waals surface area contributed by atoms with E-state index in [2.05, 4.69) is 20.0 Å². The number of halogens is 4. The van der Waals surface area contributed by atoms with Crippen molar-refractivity contribution >= 4 is 47.3 Å². The monoisotopic (exact) mass is 555 g/mol. The standard InChI is InChI=1S/C26H33F4N5O2S/c1-16(2)35(3)24-18(14-31-25(33-24)32-20-5-4-6-21(37)13-20)11-19(15-36)17-7-8-23(22(27)12-17)34-38-10-9-26(28,29)30/h7-8,11-12,14-16,20-21,34,37H,4-6,9-10,13H2,1-3H3,(H,31,32,33)/b19-11+. The van der Waals surface area contributed by atoms with E-state index in [-0.39, 0.29) is 35.2 Å². The van der Waals surface area contributed by atoms with Crippen molar-refractivity contribution in [1.82, 2.24) is 9.97 Å². The van der Waals surface area contributed by atoms with Gasteiger partial charge in [0.05, 0.1) is 18.2 Å². The van der Waals surface area contributed by atoms with Gasteiger partial charge in [0.1, 0.15) is 11.6 Å². The lowest BCUT2D eigenvalue weighted by Gasteiger charge is -2.28. The molecule has 1 aromatic carbocycles. The number of aromatic nitrogens is 2. The summed E-state index contributed by atoms with van der Waals surface area (Å²) in [5.74, 6) is 0.0383. The Morgan fingerprint density at radius 3 is 2.71 bits per heavy atom. The molecule has 1 fully saturated rings. The summed E-state index contributed by atoms with van der Waals surface area (Å²) in [6, 6.07) is 4.20. The molecule has 12 heteroatoms. The first-order valence-corrected chi connectivity index (χ1v) is 13.4. The Morgan fingerprint density at radius 1 is 1.32 bits per heavy atom. The van der Waals surface area contributed by atoms with Gasteiger partial charge in [0.25, 0.3) is 0 Å². The fourth-order valence-electron chi connectivity index (χ4n) is 3.98. The molecule has 3 N–H and O–H groups in total. The van der Waals surface area contributed by atoms with Crippen LogP contribution in [0.15, 0.2) is 24.4 Å². The van der Waals surface area contributed by atoms with E-state index in [4.69, 9.17) is 0 Å². The number of aliphatic hydroxyl groups excluding tert-OH is 1. The Balaban J connectivity index is 1.83. The highest BCUT2D eigenvalue weighted by Crippen LogP contribution is 2.29. The van der Waals surface area contributed by atoms with Crippen LogP contribution in [0.4, 0.5) is 35.0 Å². The number of hydrogen-bond acceptors (Lipinski definition) is 8. The third kappa shape index (κ3) is 8.59. The molecule has 7 nitrogen and oxygen atoms in total. The average molecular weight is 556 g/mol. The smallest absolute Gasteiger partial charge is 0.389 e. The first kappa shape index (κ1) is 29.7. The maximum Gasteiger partial charge on any atom is 0.389 e. The van der Waals surface area contributed by atoms with Gasteiger partial charge >= 0.3 is 6.18 Å². The zero-order chi connectivity index (χ0) is 27.9. The van der Waals surface area contributed by atoms with Gasteiger partial charge in [-0.15, -0.1) is 0 Å². The van der Waals surface area contributed by atoms with E-state index in [0.717, 1.165) is 37.3 Å². The fraction of sp³-hybridized carbons (Fsp3) is 0.500. The van der Waals surface area contributed by atoms with Gasteiger partial charge in [-0.3, -0.25) is 4.79 Å². The lowest BCUT2D eigenvalue weighted by Crippen LogP contribution is -2.31. The number of aliphatic hydroxyl groups is 1. The second-order valence-electron chi connectivity index (χ2n) is 9.57. The van der Waals surface area contributed by atoms with Gasteiger partial charge < -0.3 is 20.0 Å². The number of allylic oxidation sites excluding steroid dienone is 1. The van der Waals surface area contributed by atoms with E-state index in [1.165, 1.54) is 12.1 Å². The molecule has 1 saturated carbocycles. The van der Waals surface area contributed by atoms with Crippen LogP contribution in [0.1, 0.15) is 57.1 Å². The number of hydrogen-bond donors (Lipinski definition) is 3. The number of benzene rings is 1. The zero-order valence-corrected chi connectivity index (χ0v) is 22.4. The normalized spacial score (nSPS) is 18.4. The minimum Gasteiger partial charge on any atom is -0.393 e. The van der Waals surface area contributed by atoms with Crippen LogP contribution in [0.3, 0.4) is 0 Å². The van der Waals surface area contributed by atoms with Gasteiger partial charge in [-0.25, -0.2) is 9.37 Å². The topological polar surface area (TPSA) is 90.4 Å². The van der Waals surface area contributed by atoms with Crippen LogP contribution in [0.2, 0.25) is 0 Å². The largest absolute Gasteiger partial charge is 0.393 e. The molecule has 0 bridgehead atoms. The number of anilines is 3. The maximum absolute atomic E-state index is 14.7. The van der Waals surface area contributed by atoms with Crippen molar-refractivity contribution in [3.8, 4) is 0 Å². The summed E-state index contributed by atoms with van der Waals surface area (Å²) < 4.78 is 54.2. The van der Waals surface area contributed by atoms with E-state index in [0.29, 0.717) is 35.6 Å². The van der Waals surface area contributed by atoms with Crippen LogP contribution in [0.25, 0.3) is 11.6 Å². The van der Waals surface area contributed by atoms with Crippen LogP contribution in [0, 0.1) is 5.82 Å². The number of nitrogens with zero attached hydrogens (tertiary/aromatic N) is 3. The van der Waals surface area contributed by atoms with Crippen molar-refractivity contribution in [1.29, 1.82) is 0 Å². The Labute approximate surface area is 224 Å². The highest BCUT2D eigenvalue weighted by molar-refractivity contribution is 8.00. The maximum atomic E-state index is 14.7. The molecule has 208 valence electrons. The first-order chi connectivity index (χ1) is 18.0. The number of aldehydes is 1. The SMILES string of the molecule is CC(C)N(C)c1nc(NC2CCCC(O)C2)ncc1/C=C(\C=O)c1ccc(NSCCC(F)(F)F)c(F)c1. The second kappa shape index (κ2) is 13.3. The predicted octanol–water partition coefficient (Wildman–Crippen LogP) is 5.93. The number of rotatable bonds is 11. The average Bonchev–Trinajstić information content (AvgIpc) is 2.85. The molecule has 0 radical (unpaired) electrons. The van der Waals surface area contributed by atoms with Crippen LogP contribution >= 0.6 is 11.9 Å². The molecule has 1 aromatic heterocycles. The van der Waals surface area contributed by atoms with Gasteiger partial charge in [0, 0.05) is 42.2 Å². The molecule has 1 aliphatic carbocycles. The third-order valence-corrected chi connectivity index (χ3v) is 7.07. The van der Waals surface area contributed by atoms with Gasteiger partial charge in [0.15, 0.2) is 6.29 Å². The second-order valence-corrected chi connectivity index (χ2v) is 10.5. The highest BCUT2D eigenvalue weighted by Gasteiger charge is 2.26. The summed E-state index contributed by atoms with van der Waals surface area (Å²) in [6.45, 7) is 3.99. The summed E-state index contributed by atoms with van der Waals surface area (Å²) in [6.07, 6.45) is 1.38. The van der Waals surface area contributed by atoms with Crippen LogP contribution in [0.5, 0.6) is 0 Å². The van der Waals surface area contributed by atoms with Gasteiger partial charge in [-0.05, 0) is 63.3 Å². The Hall–Kier alpha value is -2.86. The van der Waals surface area contributed by atoms with Gasteiger partial charge in [-0.1, -0.05) is 18.0 Å². The molecule has 0 spiro atoms. The van der Waals surface area contributed by atoms with Crippen molar-refractivity contribution in [2.75, 3.05) is 27.7 Å². The molecule has 2 atom stereocenters. The van der Waals surface area contributed by atoms with E-state index in [1.54, 1.807) is 12.3 Å². The third-order valence-electron chi connectivity index (χ3n) is 6.29. The minimum atomic E-state index is -4.28. The van der Waals surface area contributed by atoms with E-state index in [1.807, 2.05) is 25.8 Å². The molecule has 2 unspecified atom stereocenters. The number of nitrogens with one attached hydrogen (secondary N) is 2. The Kier molecular flexibility index (Phi) is 10.4. The Bertz CT molecular complexity index is 1130. The minimum absolute atomic E-state index is 0.0259. The first-order valence-electron chi connectivity index (χ1n) is 12.4. The lowest BCUT2D eigenvalue weighted by molar-refractivity contribution is -0.129. The summed E-state index contributed by atoms with van der Waals surface area (Å²) in [5.41, 5.74) is 1.08. The van der Waals surface area contributed by atoms with Crippen LogP contribution in [-0.2, 0) is 4.79 Å². The predicted molar refractivity (Wildman–Crippen MR) is 145 cm³/mol. The molecule has 2 aromatic rings. The van der Waals surface area contributed by atoms with Crippen molar-refractivity contribution in [2.45, 2.75) is 70.3 Å². The van der Waals surface area contributed by atoms with Crippen LogP contribution in [-0.4, -0.2) is 58.5 Å². The molecule has 0 saturated heterocycles. The molecule has 3 rings (SSSR count). The summed E-state index contributed by atoms with van der Waals surface area (Å²) in [5, 5.41) is 13.3. The van der Waals surface area contributed by atoms with E-state index in [9.17, 15) is 27.5 Å². The van der Waals surface area contributed by atoms with E-state index >= 15 is 0 Å². The van der Waals surface area contributed by atoms with Gasteiger partial charge in [-0.2, -0.15) is 18.2 Å². The molecular formula is C26H33F4N5O2S. The zero-order valence-electron chi connectivity index (χ0n) is 21.6. The fourth-order valence-corrected chi connectivity index (χ4v) is 4.74. The summed E-state index contributed by atoms with van der Waals surface area (Å²) in [4.78, 5) is 23.0. The number of alkyl halides is 3. The van der Waals surface area contributed by atoms with Crippen molar-refractivity contribution in [3.63, 3.8) is 0 Å². The van der Waals surface area contributed by atoms with Crippen molar-refractivity contribution in [2.24, 2.45) is 0 Å². The molecule has 1 heterocycles. The molecule has 0 aliphatic heterocycles. The van der Waals surface area contributed by atoms with Gasteiger partial charge in [0.2, 0.25) is 5.95 Å². The molecular weight excluding hydrogens is 522 g/mol. The number of carbonyl (C=O) groups is 1. The quantitative estimate of drug-likeness (QED) is 0.103. The summed E-state index contributed by atoms with van der Waals surface area (Å²) in [7, 11) is 1.87. The molecule has 1 aliphatic rings. The molecule has 0 amide bonds. The highest BCUT2D eigenvalue weighted by atomic mass is 32.2. The van der Waals surface area contributed by atoms with Crippen LogP contribution < -0.4 is 14.9 Å². The van der Waals surface area contributed by atoms with Crippen molar-refractivity contribution in [3.05, 3.63) is 41.3 Å². The van der Waals surface area contributed by atoms with Crippen molar-refractivity contribution < 1.29 is 27.5 Å². The lowest BCUT2D eigenvalue weighted by atomic mass is 9.93. The molecule has 38 heavy (non-hydrogen) atoms.